The van der Waals surface area contributed by atoms with Crippen molar-refractivity contribution in [2.45, 2.75) is 75.8 Å². The molecule has 0 radical (unpaired) electrons. The average molecular weight is 917 g/mol. The van der Waals surface area contributed by atoms with Crippen LogP contribution in [0, 0.1) is 17.8 Å². The maximum atomic E-state index is 15.0. The van der Waals surface area contributed by atoms with Crippen LogP contribution in [0.2, 0.25) is 0 Å². The molecule has 4 aromatic rings. The molecular formula is C53H60N2O12. The van der Waals surface area contributed by atoms with Gasteiger partial charge in [-0.25, -0.2) is 4.79 Å². The number of amides is 1. The van der Waals surface area contributed by atoms with Crippen LogP contribution in [0.15, 0.2) is 120 Å². The molecule has 0 aromatic heterocycles. The molecule has 14 heteroatoms. The number of ether oxygens (including phenoxy) is 7. The Labute approximate surface area is 391 Å². The number of benzene rings is 4. The van der Waals surface area contributed by atoms with Crippen LogP contribution in [-0.2, 0) is 32.2 Å². The second-order valence-corrected chi connectivity index (χ2v) is 17.2. The number of hydrogen-bond donors (Lipinski definition) is 2. The number of carbonyl (C=O) groups excluding carboxylic acids is 2. The van der Waals surface area contributed by atoms with E-state index in [0.29, 0.717) is 59.5 Å². The van der Waals surface area contributed by atoms with E-state index in [1.54, 1.807) is 35.2 Å². The van der Waals surface area contributed by atoms with Crippen LogP contribution in [0.5, 0.6) is 28.7 Å². The standard InChI is InChI=1S/C53H60N2O12/c1-3-24-65-53-49(55(32-37-18-20-47-48(28-37)64-35-63-47)52(59)62-26-25-61-34-36-12-5-4-6-13-36)31-45(54-60-2)43-29-39(15-7-9-22-56)42(17-8-10-23-57)50(51(43)53)44-30-41(19-21-46(44)67-53)66-40-16-11-14-38(27-40)33-58/h3-6,11-14,16,18-21,27-30,33,39,42,49-51,56-57H,1,7-10,15,17,22-26,31-32,34-35H2,2H3. The number of aldehydes is 1. The minimum Gasteiger partial charge on any atom is -0.459 e. The molecule has 6 unspecified atom stereocenters. The molecule has 2 heterocycles. The van der Waals surface area contributed by atoms with E-state index in [1.807, 2.05) is 66.7 Å². The third kappa shape index (κ3) is 10.7. The molecule has 1 fully saturated rings. The summed E-state index contributed by atoms with van der Waals surface area (Å²) in [6.45, 7) is 4.95. The van der Waals surface area contributed by atoms with Crippen molar-refractivity contribution in [2.24, 2.45) is 22.9 Å². The highest BCUT2D eigenvalue weighted by Crippen LogP contribution is 2.62. The summed E-state index contributed by atoms with van der Waals surface area (Å²) < 4.78 is 44.4. The van der Waals surface area contributed by atoms with Crippen LogP contribution in [-0.4, -0.2) is 92.0 Å². The molecule has 4 aliphatic rings. The molecule has 0 saturated heterocycles. The van der Waals surface area contributed by atoms with Crippen LogP contribution in [0.3, 0.4) is 0 Å². The van der Waals surface area contributed by atoms with Gasteiger partial charge in [-0.05, 0) is 96.7 Å². The zero-order valence-corrected chi connectivity index (χ0v) is 38.0. The van der Waals surface area contributed by atoms with Gasteiger partial charge < -0.3 is 48.2 Å². The number of aliphatic hydroxyl groups excluding tert-OH is 2. The summed E-state index contributed by atoms with van der Waals surface area (Å²) in [7, 11) is 1.51. The second-order valence-electron chi connectivity index (χ2n) is 17.2. The van der Waals surface area contributed by atoms with Crippen LogP contribution >= 0.6 is 0 Å². The predicted molar refractivity (Wildman–Crippen MR) is 249 cm³/mol. The lowest BCUT2D eigenvalue weighted by Crippen LogP contribution is -2.70. The highest BCUT2D eigenvalue weighted by atomic mass is 16.7. The molecule has 1 saturated carbocycles. The Morgan fingerprint density at radius 1 is 0.881 bits per heavy atom. The van der Waals surface area contributed by atoms with E-state index < -0.39 is 23.8 Å². The topological polar surface area (TPSA) is 164 Å². The third-order valence-electron chi connectivity index (χ3n) is 13.0. The summed E-state index contributed by atoms with van der Waals surface area (Å²) in [5.74, 6) is 0.421. The Morgan fingerprint density at radius 3 is 2.46 bits per heavy atom. The lowest BCUT2D eigenvalue weighted by Gasteiger charge is -2.59. The molecule has 1 amide bonds. The lowest BCUT2D eigenvalue weighted by molar-refractivity contribution is -0.256. The van der Waals surface area contributed by atoms with E-state index in [9.17, 15) is 19.8 Å². The molecule has 67 heavy (non-hydrogen) atoms. The Hall–Kier alpha value is -6.19. The number of aliphatic hydroxyl groups is 2. The number of fused-ring (bicyclic) bond motifs is 3. The van der Waals surface area contributed by atoms with Gasteiger partial charge in [0.25, 0.3) is 0 Å². The number of hydrogen-bond acceptors (Lipinski definition) is 13. The molecule has 6 atom stereocenters. The van der Waals surface area contributed by atoms with Gasteiger partial charge in [-0.1, -0.05) is 78.7 Å². The first kappa shape index (κ1) is 47.3. The first-order chi connectivity index (χ1) is 32.9. The van der Waals surface area contributed by atoms with E-state index in [1.165, 1.54) is 7.11 Å². The molecular weight excluding hydrogens is 857 g/mol. The van der Waals surface area contributed by atoms with Gasteiger partial charge in [0.15, 0.2) is 11.5 Å². The van der Waals surface area contributed by atoms with E-state index in [2.05, 4.69) is 12.7 Å². The molecule has 0 spiro atoms. The van der Waals surface area contributed by atoms with Gasteiger partial charge in [0.2, 0.25) is 12.6 Å². The molecule has 8 rings (SSSR count). The zero-order valence-electron chi connectivity index (χ0n) is 38.0. The number of nitrogens with zero attached hydrogens (tertiary/aromatic N) is 2. The van der Waals surface area contributed by atoms with Crippen LogP contribution in [0.4, 0.5) is 4.79 Å². The normalized spacial score (nSPS) is 22.7. The number of rotatable bonds is 23. The number of carbonyl (C=O) groups is 2. The van der Waals surface area contributed by atoms with Gasteiger partial charge in [-0.3, -0.25) is 9.69 Å². The van der Waals surface area contributed by atoms with Crippen molar-refractivity contribution in [3.05, 3.63) is 138 Å². The molecule has 14 nitrogen and oxygen atoms in total. The van der Waals surface area contributed by atoms with E-state index in [-0.39, 0.29) is 70.5 Å². The maximum absolute atomic E-state index is 15.0. The van der Waals surface area contributed by atoms with Crippen molar-refractivity contribution >= 4 is 18.1 Å². The SMILES string of the molecule is C=CCOC12Oc3ccc(Oc4cccc(C=O)c4)cc3C3C(CCCCO)C(CCCCO)C=C(C(=NOC)CC1N(Cc1ccc4c(c1)OCO4)C(=O)OCCOCc1ccccc1)C32. The number of unbranched alkanes of at least 4 members (excludes halogenated alkanes) is 2. The first-order valence-electron chi connectivity index (χ1n) is 23.2. The van der Waals surface area contributed by atoms with Gasteiger partial charge >= 0.3 is 6.09 Å². The summed E-state index contributed by atoms with van der Waals surface area (Å²) in [6.07, 6.45) is 8.67. The summed E-state index contributed by atoms with van der Waals surface area (Å²) in [5, 5.41) is 24.6. The highest BCUT2D eigenvalue weighted by Gasteiger charge is 2.65. The summed E-state index contributed by atoms with van der Waals surface area (Å²) in [5.41, 5.74) is 4.66. The Bertz CT molecular complexity index is 2390. The Kier molecular flexibility index (Phi) is 15.9. The minimum absolute atomic E-state index is 0.0134. The van der Waals surface area contributed by atoms with Gasteiger partial charge in [0.1, 0.15) is 43.3 Å². The zero-order chi connectivity index (χ0) is 46.6. The average Bonchev–Trinajstić information content (AvgIpc) is 3.83. The Balaban J connectivity index is 1.25. The van der Waals surface area contributed by atoms with Crippen molar-refractivity contribution < 1.29 is 57.8 Å². The van der Waals surface area contributed by atoms with E-state index in [0.717, 1.165) is 54.2 Å². The third-order valence-corrected chi connectivity index (χ3v) is 13.0. The fraction of sp³-hybridized carbons (Fsp3) is 0.415. The quantitative estimate of drug-likeness (QED) is 0.0314. The van der Waals surface area contributed by atoms with E-state index in [4.69, 9.17) is 43.2 Å². The van der Waals surface area contributed by atoms with E-state index >= 15 is 0 Å². The molecule has 354 valence electrons. The molecule has 0 bridgehead atoms. The van der Waals surface area contributed by atoms with Gasteiger partial charge in [-0.2, -0.15) is 0 Å². The highest BCUT2D eigenvalue weighted by molar-refractivity contribution is 6.03. The fourth-order valence-electron chi connectivity index (χ4n) is 10.2. The Morgan fingerprint density at radius 2 is 1.67 bits per heavy atom. The monoisotopic (exact) mass is 916 g/mol. The lowest BCUT2D eigenvalue weighted by atomic mass is 9.55. The molecule has 4 aromatic carbocycles. The fourth-order valence-corrected chi connectivity index (χ4v) is 10.2. The van der Waals surface area contributed by atoms with Crippen molar-refractivity contribution in [3.63, 3.8) is 0 Å². The second kappa shape index (κ2) is 22.5. The van der Waals surface area contributed by atoms with Gasteiger partial charge in [-0.15, -0.1) is 6.58 Å². The largest absolute Gasteiger partial charge is 0.459 e. The van der Waals surface area contributed by atoms with Crippen molar-refractivity contribution in [1.82, 2.24) is 4.90 Å². The van der Waals surface area contributed by atoms with Crippen LogP contribution in [0.1, 0.15) is 77.9 Å². The van der Waals surface area contributed by atoms with Crippen LogP contribution in [0.25, 0.3) is 0 Å². The van der Waals surface area contributed by atoms with Crippen molar-refractivity contribution in [1.29, 1.82) is 0 Å². The maximum Gasteiger partial charge on any atom is 0.410 e. The number of oxime groups is 1. The van der Waals surface area contributed by atoms with Crippen LogP contribution < -0.4 is 18.9 Å². The van der Waals surface area contributed by atoms with Gasteiger partial charge in [0, 0.05) is 43.2 Å². The smallest absolute Gasteiger partial charge is 0.410 e. The van der Waals surface area contributed by atoms with Crippen molar-refractivity contribution in [3.8, 4) is 28.7 Å². The molecule has 2 N–H and O–H groups in total. The summed E-state index contributed by atoms with van der Waals surface area (Å²) in [6, 6.07) is 27.2. The number of allylic oxidation sites excluding steroid dienone is 1. The molecule has 2 aliphatic carbocycles. The first-order valence-corrected chi connectivity index (χ1v) is 23.2. The minimum atomic E-state index is -1.53. The summed E-state index contributed by atoms with van der Waals surface area (Å²) >= 11 is 0. The summed E-state index contributed by atoms with van der Waals surface area (Å²) in [4.78, 5) is 33.9. The molecule has 2 aliphatic heterocycles. The van der Waals surface area contributed by atoms with Crippen molar-refractivity contribution in [2.75, 3.05) is 46.9 Å². The van der Waals surface area contributed by atoms with Gasteiger partial charge in [0.05, 0.1) is 31.5 Å². The predicted octanol–water partition coefficient (Wildman–Crippen LogP) is 9.14.